The second kappa shape index (κ2) is 6.30. The monoisotopic (exact) mass is 364 g/mol. The standard InChI is InChI=1S/C15H19BrClFO2/c1-9-4-3-7-15(8-9,20-2)14(19)10-5-6-11(16)12(17)13(10)18/h5-6,9,14,19H,3-4,7-8H2,1-2H3. The molecule has 0 bridgehead atoms. The minimum atomic E-state index is -1.01. The number of methoxy groups -OCH3 is 1. The third kappa shape index (κ3) is 2.89. The Morgan fingerprint density at radius 3 is 2.85 bits per heavy atom. The van der Waals surface area contributed by atoms with Gasteiger partial charge in [-0.15, -0.1) is 0 Å². The number of benzene rings is 1. The van der Waals surface area contributed by atoms with E-state index in [1.807, 2.05) is 0 Å². The fraction of sp³-hybridized carbons (Fsp3) is 0.600. The van der Waals surface area contributed by atoms with Gasteiger partial charge in [-0.25, -0.2) is 4.39 Å². The number of halogens is 3. The van der Waals surface area contributed by atoms with Gasteiger partial charge in [-0.3, -0.25) is 0 Å². The molecule has 3 unspecified atom stereocenters. The summed E-state index contributed by atoms with van der Waals surface area (Å²) in [6.07, 6.45) is 2.51. The number of hydrogen-bond donors (Lipinski definition) is 1. The van der Waals surface area contributed by atoms with Crippen molar-refractivity contribution < 1.29 is 14.2 Å². The minimum absolute atomic E-state index is 0.00309. The fourth-order valence-corrected chi connectivity index (χ4v) is 3.60. The van der Waals surface area contributed by atoms with Crippen LogP contribution in [-0.4, -0.2) is 17.8 Å². The predicted molar refractivity (Wildman–Crippen MR) is 81.4 cm³/mol. The number of rotatable bonds is 3. The van der Waals surface area contributed by atoms with E-state index >= 15 is 0 Å². The van der Waals surface area contributed by atoms with Crippen LogP contribution in [0.2, 0.25) is 5.02 Å². The Morgan fingerprint density at radius 2 is 2.25 bits per heavy atom. The summed E-state index contributed by atoms with van der Waals surface area (Å²) < 4.78 is 20.4. The zero-order chi connectivity index (χ0) is 14.9. The molecule has 1 aliphatic carbocycles. The predicted octanol–water partition coefficient (Wildman–Crippen LogP) is 4.87. The lowest BCUT2D eigenvalue weighted by molar-refractivity contribution is -0.135. The first-order valence-corrected chi connectivity index (χ1v) is 7.95. The molecule has 1 aromatic rings. The largest absolute Gasteiger partial charge is 0.385 e. The SMILES string of the molecule is COC1(C(O)c2ccc(Br)c(Cl)c2F)CCCC(C)C1. The van der Waals surface area contributed by atoms with Crippen molar-refractivity contribution in [1.82, 2.24) is 0 Å². The van der Waals surface area contributed by atoms with E-state index in [0.29, 0.717) is 10.4 Å². The van der Waals surface area contributed by atoms with E-state index in [2.05, 4.69) is 22.9 Å². The number of hydrogen-bond acceptors (Lipinski definition) is 2. The van der Waals surface area contributed by atoms with E-state index < -0.39 is 17.5 Å². The number of aliphatic hydroxyl groups is 1. The zero-order valence-corrected chi connectivity index (χ0v) is 14.0. The normalized spacial score (nSPS) is 28.4. The Bertz CT molecular complexity index is 497. The highest BCUT2D eigenvalue weighted by Crippen LogP contribution is 2.44. The van der Waals surface area contributed by atoms with Gasteiger partial charge in [0.05, 0.1) is 10.6 Å². The van der Waals surface area contributed by atoms with Crippen LogP contribution in [0, 0.1) is 11.7 Å². The summed E-state index contributed by atoms with van der Waals surface area (Å²) in [4.78, 5) is 0. The Kier molecular flexibility index (Phi) is 5.11. The van der Waals surface area contributed by atoms with E-state index in [9.17, 15) is 9.50 Å². The van der Waals surface area contributed by atoms with Crippen molar-refractivity contribution in [2.24, 2.45) is 5.92 Å². The van der Waals surface area contributed by atoms with Gasteiger partial charge in [-0.05, 0) is 40.8 Å². The summed E-state index contributed by atoms with van der Waals surface area (Å²) >= 11 is 9.09. The first kappa shape index (κ1) is 16.2. The highest BCUT2D eigenvalue weighted by molar-refractivity contribution is 9.10. The summed E-state index contributed by atoms with van der Waals surface area (Å²) in [7, 11) is 1.58. The molecule has 0 radical (unpaired) electrons. The summed E-state index contributed by atoms with van der Waals surface area (Å²) in [5, 5.41) is 10.7. The third-order valence-corrected chi connectivity index (χ3v) is 5.51. The first-order chi connectivity index (χ1) is 9.41. The molecular formula is C15H19BrClFO2. The van der Waals surface area contributed by atoms with Crippen molar-refractivity contribution in [3.05, 3.63) is 33.0 Å². The fourth-order valence-electron chi connectivity index (χ4n) is 3.12. The lowest BCUT2D eigenvalue weighted by atomic mass is 9.74. The van der Waals surface area contributed by atoms with E-state index in [-0.39, 0.29) is 10.6 Å². The average molecular weight is 366 g/mol. The minimum Gasteiger partial charge on any atom is -0.385 e. The van der Waals surface area contributed by atoms with Gasteiger partial charge in [0.15, 0.2) is 0 Å². The van der Waals surface area contributed by atoms with Gasteiger partial charge in [-0.1, -0.05) is 37.4 Å². The van der Waals surface area contributed by atoms with Crippen LogP contribution >= 0.6 is 27.5 Å². The van der Waals surface area contributed by atoms with Crippen LogP contribution in [0.5, 0.6) is 0 Å². The highest BCUT2D eigenvalue weighted by atomic mass is 79.9. The molecule has 1 fully saturated rings. The van der Waals surface area contributed by atoms with Crippen LogP contribution in [0.3, 0.4) is 0 Å². The molecule has 0 spiro atoms. The Hall–Kier alpha value is -0.160. The Balaban J connectivity index is 2.38. The van der Waals surface area contributed by atoms with Crippen molar-refractivity contribution in [2.45, 2.75) is 44.3 Å². The van der Waals surface area contributed by atoms with Gasteiger partial charge in [0.2, 0.25) is 0 Å². The molecule has 1 saturated carbocycles. The van der Waals surface area contributed by atoms with Gasteiger partial charge in [0.1, 0.15) is 11.9 Å². The van der Waals surface area contributed by atoms with Gasteiger partial charge in [0.25, 0.3) is 0 Å². The Labute approximate surface area is 132 Å². The molecule has 1 N–H and O–H groups in total. The summed E-state index contributed by atoms with van der Waals surface area (Å²) in [6, 6.07) is 3.22. The highest BCUT2D eigenvalue weighted by Gasteiger charge is 2.43. The van der Waals surface area contributed by atoms with Crippen molar-refractivity contribution in [1.29, 1.82) is 0 Å². The van der Waals surface area contributed by atoms with Crippen LogP contribution in [0.4, 0.5) is 4.39 Å². The van der Waals surface area contributed by atoms with Gasteiger partial charge >= 0.3 is 0 Å². The summed E-state index contributed by atoms with van der Waals surface area (Å²) in [5.41, 5.74) is -0.524. The molecule has 0 saturated heterocycles. The van der Waals surface area contributed by atoms with Crippen LogP contribution in [0.15, 0.2) is 16.6 Å². The second-order valence-electron chi connectivity index (χ2n) is 5.64. The lowest BCUT2D eigenvalue weighted by Crippen LogP contribution is -2.43. The van der Waals surface area contributed by atoms with Crippen LogP contribution in [0.1, 0.15) is 44.3 Å². The summed E-state index contributed by atoms with van der Waals surface area (Å²) in [5.74, 6) is -0.129. The molecule has 20 heavy (non-hydrogen) atoms. The second-order valence-corrected chi connectivity index (χ2v) is 6.87. The van der Waals surface area contributed by atoms with Crippen molar-refractivity contribution in [3.63, 3.8) is 0 Å². The maximum absolute atomic E-state index is 14.3. The van der Waals surface area contributed by atoms with Crippen LogP contribution < -0.4 is 0 Å². The van der Waals surface area contributed by atoms with E-state index in [1.54, 1.807) is 19.2 Å². The maximum atomic E-state index is 14.3. The molecule has 5 heteroatoms. The van der Waals surface area contributed by atoms with E-state index in [4.69, 9.17) is 16.3 Å². The number of aliphatic hydroxyl groups excluding tert-OH is 1. The number of ether oxygens (including phenoxy) is 1. The molecular weight excluding hydrogens is 347 g/mol. The molecule has 2 rings (SSSR count). The molecule has 0 heterocycles. The molecule has 1 aliphatic rings. The van der Waals surface area contributed by atoms with E-state index in [1.165, 1.54) is 0 Å². The van der Waals surface area contributed by atoms with Crippen LogP contribution in [-0.2, 0) is 4.74 Å². The quantitative estimate of drug-likeness (QED) is 0.774. The molecule has 2 nitrogen and oxygen atoms in total. The Morgan fingerprint density at radius 1 is 1.55 bits per heavy atom. The van der Waals surface area contributed by atoms with Crippen molar-refractivity contribution in [2.75, 3.05) is 7.11 Å². The van der Waals surface area contributed by atoms with Crippen molar-refractivity contribution in [3.8, 4) is 0 Å². The molecule has 0 amide bonds. The smallest absolute Gasteiger partial charge is 0.148 e. The van der Waals surface area contributed by atoms with Crippen molar-refractivity contribution >= 4 is 27.5 Å². The van der Waals surface area contributed by atoms with Gasteiger partial charge in [-0.2, -0.15) is 0 Å². The maximum Gasteiger partial charge on any atom is 0.148 e. The zero-order valence-electron chi connectivity index (χ0n) is 11.6. The molecule has 0 aliphatic heterocycles. The first-order valence-electron chi connectivity index (χ1n) is 6.78. The van der Waals surface area contributed by atoms with E-state index in [0.717, 1.165) is 25.7 Å². The summed E-state index contributed by atoms with van der Waals surface area (Å²) in [6.45, 7) is 2.13. The lowest BCUT2D eigenvalue weighted by Gasteiger charge is -2.42. The topological polar surface area (TPSA) is 29.5 Å². The molecule has 3 atom stereocenters. The van der Waals surface area contributed by atoms with Crippen LogP contribution in [0.25, 0.3) is 0 Å². The molecule has 0 aromatic heterocycles. The molecule has 112 valence electrons. The van der Waals surface area contributed by atoms with Gasteiger partial charge in [0, 0.05) is 17.1 Å². The average Bonchev–Trinajstić information content (AvgIpc) is 2.44. The van der Waals surface area contributed by atoms with Gasteiger partial charge < -0.3 is 9.84 Å². The molecule has 1 aromatic carbocycles. The third-order valence-electron chi connectivity index (χ3n) is 4.26.